The zero-order valence-corrected chi connectivity index (χ0v) is 15.2. The number of H-pyrrole nitrogens is 2. The van der Waals surface area contributed by atoms with Crippen molar-refractivity contribution in [2.75, 3.05) is 13.7 Å². The Balaban J connectivity index is 1.57. The normalized spacial score (nSPS) is 20.2. The molecule has 1 aromatic carbocycles. The highest BCUT2D eigenvalue weighted by atomic mass is 16.5. The maximum Gasteiger partial charge on any atom is 0.227 e. The van der Waals surface area contributed by atoms with E-state index in [1.807, 2.05) is 36.9 Å². The van der Waals surface area contributed by atoms with Gasteiger partial charge in [0, 0.05) is 31.2 Å². The van der Waals surface area contributed by atoms with Crippen LogP contribution in [0.2, 0.25) is 0 Å². The molecule has 0 saturated carbocycles. The molecule has 1 fully saturated rings. The molecule has 0 unspecified atom stereocenters. The topological polar surface area (TPSA) is 86.9 Å². The summed E-state index contributed by atoms with van der Waals surface area (Å²) in [7, 11) is 1.70. The van der Waals surface area contributed by atoms with E-state index < -0.39 is 0 Å². The highest BCUT2D eigenvalue weighted by Crippen LogP contribution is 2.33. The summed E-state index contributed by atoms with van der Waals surface area (Å²) >= 11 is 0. The molecule has 2 aromatic heterocycles. The van der Waals surface area contributed by atoms with Gasteiger partial charge < -0.3 is 14.6 Å². The van der Waals surface area contributed by atoms with Crippen molar-refractivity contribution in [3.05, 3.63) is 47.2 Å². The first-order valence-corrected chi connectivity index (χ1v) is 8.82. The number of nitrogens with one attached hydrogen (secondary N) is 2. The maximum absolute atomic E-state index is 13.0. The van der Waals surface area contributed by atoms with Crippen molar-refractivity contribution in [2.24, 2.45) is 0 Å². The van der Waals surface area contributed by atoms with E-state index in [4.69, 9.17) is 4.74 Å². The second-order valence-electron chi connectivity index (χ2n) is 6.96. The first-order valence-electron chi connectivity index (χ1n) is 8.82. The summed E-state index contributed by atoms with van der Waals surface area (Å²) < 4.78 is 5.53. The number of imidazole rings is 1. The average Bonchev–Trinajstić information content (AvgIpc) is 3.33. The van der Waals surface area contributed by atoms with Crippen LogP contribution < -0.4 is 0 Å². The number of methoxy groups -OCH3 is 1. The lowest BCUT2D eigenvalue weighted by Crippen LogP contribution is -2.33. The van der Waals surface area contributed by atoms with E-state index in [1.54, 1.807) is 13.3 Å². The van der Waals surface area contributed by atoms with Crippen LogP contribution in [0.4, 0.5) is 0 Å². The van der Waals surface area contributed by atoms with Gasteiger partial charge in [-0.3, -0.25) is 9.89 Å². The number of fused-ring (bicyclic) bond motifs is 1. The maximum atomic E-state index is 13.0. The van der Waals surface area contributed by atoms with Crippen molar-refractivity contribution >= 4 is 16.8 Å². The lowest BCUT2D eigenvalue weighted by Gasteiger charge is -2.23. The van der Waals surface area contributed by atoms with Gasteiger partial charge in [-0.25, -0.2) is 4.98 Å². The molecule has 0 bridgehead atoms. The molecule has 0 aliphatic carbocycles. The van der Waals surface area contributed by atoms with Crippen LogP contribution in [0, 0.1) is 13.8 Å². The van der Waals surface area contributed by atoms with Gasteiger partial charge in [0.05, 0.1) is 36.0 Å². The Kier molecular flexibility index (Phi) is 4.24. The Morgan fingerprint density at radius 2 is 2.23 bits per heavy atom. The standard InChI is InChI=1S/C19H23N5O2/c1-11-12(2)22-19(21-11)17-8-15(26-3)10-24(17)18(25)7-13-4-5-16-14(6-13)9-20-23-16/h4-6,9,15,17H,7-8,10H2,1-3H3,(H,20,23)(H,21,22)/t15-,17+/m1/s1. The van der Waals surface area contributed by atoms with E-state index >= 15 is 0 Å². The lowest BCUT2D eigenvalue weighted by molar-refractivity contribution is -0.131. The summed E-state index contributed by atoms with van der Waals surface area (Å²) in [5.41, 5.74) is 3.97. The number of benzene rings is 1. The quantitative estimate of drug-likeness (QED) is 0.754. The van der Waals surface area contributed by atoms with Crippen LogP contribution in [0.25, 0.3) is 10.9 Å². The molecule has 3 aromatic rings. The number of aromatic nitrogens is 4. The molecule has 136 valence electrons. The van der Waals surface area contributed by atoms with Gasteiger partial charge in [-0.05, 0) is 31.5 Å². The predicted molar refractivity (Wildman–Crippen MR) is 97.7 cm³/mol. The molecule has 1 aliphatic rings. The van der Waals surface area contributed by atoms with E-state index in [9.17, 15) is 4.79 Å². The van der Waals surface area contributed by atoms with E-state index in [0.29, 0.717) is 13.0 Å². The molecular formula is C19H23N5O2. The van der Waals surface area contributed by atoms with Gasteiger partial charge in [-0.1, -0.05) is 6.07 Å². The van der Waals surface area contributed by atoms with Gasteiger partial charge >= 0.3 is 0 Å². The number of likely N-dealkylation sites (tertiary alicyclic amines) is 1. The van der Waals surface area contributed by atoms with Crippen molar-refractivity contribution in [3.63, 3.8) is 0 Å². The zero-order valence-electron chi connectivity index (χ0n) is 15.2. The molecule has 1 amide bonds. The third-order valence-electron chi connectivity index (χ3n) is 5.24. The molecule has 0 spiro atoms. The Bertz CT molecular complexity index is 925. The fraction of sp³-hybridized carbons (Fsp3) is 0.421. The fourth-order valence-corrected chi connectivity index (χ4v) is 3.61. The minimum Gasteiger partial charge on any atom is -0.380 e. The van der Waals surface area contributed by atoms with Crippen molar-refractivity contribution in [1.29, 1.82) is 0 Å². The van der Waals surface area contributed by atoms with Crippen molar-refractivity contribution in [1.82, 2.24) is 25.1 Å². The highest BCUT2D eigenvalue weighted by Gasteiger charge is 2.38. The van der Waals surface area contributed by atoms with Gasteiger partial charge in [-0.15, -0.1) is 0 Å². The molecule has 7 nitrogen and oxygen atoms in total. The highest BCUT2D eigenvalue weighted by molar-refractivity contribution is 5.83. The average molecular weight is 353 g/mol. The number of carbonyl (C=O) groups is 1. The second kappa shape index (κ2) is 6.57. The minimum absolute atomic E-state index is 0.0333. The van der Waals surface area contributed by atoms with E-state index in [1.165, 1.54) is 0 Å². The van der Waals surface area contributed by atoms with Crippen LogP contribution in [0.5, 0.6) is 0 Å². The van der Waals surface area contributed by atoms with Gasteiger partial charge in [0.15, 0.2) is 0 Å². The molecule has 1 saturated heterocycles. The SMILES string of the molecule is CO[C@@H]1C[C@@H](c2nc(C)c(C)[nH]2)N(C(=O)Cc2ccc3[nH]ncc3c2)C1. The zero-order chi connectivity index (χ0) is 18.3. The monoisotopic (exact) mass is 353 g/mol. The Labute approximate surface area is 151 Å². The Hall–Kier alpha value is -2.67. The molecule has 7 heteroatoms. The van der Waals surface area contributed by atoms with Gasteiger partial charge in [0.25, 0.3) is 0 Å². The Morgan fingerprint density at radius 1 is 1.38 bits per heavy atom. The first kappa shape index (κ1) is 16.8. The molecule has 3 heterocycles. The lowest BCUT2D eigenvalue weighted by atomic mass is 10.1. The van der Waals surface area contributed by atoms with Crippen LogP contribution >= 0.6 is 0 Å². The summed E-state index contributed by atoms with van der Waals surface area (Å²) in [5.74, 6) is 0.933. The summed E-state index contributed by atoms with van der Waals surface area (Å²) in [5, 5.41) is 7.98. The summed E-state index contributed by atoms with van der Waals surface area (Å²) in [6.45, 7) is 4.57. The number of hydrogen-bond acceptors (Lipinski definition) is 4. The number of ether oxygens (including phenoxy) is 1. The van der Waals surface area contributed by atoms with Crippen molar-refractivity contribution < 1.29 is 9.53 Å². The van der Waals surface area contributed by atoms with Crippen LogP contribution in [0.3, 0.4) is 0 Å². The van der Waals surface area contributed by atoms with E-state index in [2.05, 4.69) is 20.2 Å². The number of aromatic amines is 2. The molecule has 26 heavy (non-hydrogen) atoms. The number of amides is 1. The van der Waals surface area contributed by atoms with Crippen LogP contribution in [0.1, 0.15) is 35.2 Å². The fourth-order valence-electron chi connectivity index (χ4n) is 3.61. The molecule has 0 radical (unpaired) electrons. The second-order valence-corrected chi connectivity index (χ2v) is 6.96. The summed E-state index contributed by atoms with van der Waals surface area (Å²) in [4.78, 5) is 22.9. The van der Waals surface area contributed by atoms with E-state index in [0.717, 1.165) is 40.1 Å². The summed E-state index contributed by atoms with van der Waals surface area (Å²) in [6, 6.07) is 5.87. The van der Waals surface area contributed by atoms with Gasteiger partial charge in [-0.2, -0.15) is 5.10 Å². The predicted octanol–water partition coefficient (Wildman–Crippen LogP) is 2.43. The Morgan fingerprint density at radius 3 is 2.96 bits per heavy atom. The molecular weight excluding hydrogens is 330 g/mol. The minimum atomic E-state index is -0.0718. The number of rotatable bonds is 4. The molecule has 1 aliphatic heterocycles. The largest absolute Gasteiger partial charge is 0.380 e. The van der Waals surface area contributed by atoms with Crippen LogP contribution in [-0.2, 0) is 16.0 Å². The summed E-state index contributed by atoms with van der Waals surface area (Å²) in [6.07, 6.45) is 2.92. The van der Waals surface area contributed by atoms with E-state index in [-0.39, 0.29) is 18.1 Å². The van der Waals surface area contributed by atoms with Crippen LogP contribution in [-0.4, -0.2) is 50.7 Å². The number of carbonyl (C=O) groups excluding carboxylic acids is 1. The molecule has 2 atom stereocenters. The smallest absolute Gasteiger partial charge is 0.227 e. The molecule has 2 N–H and O–H groups in total. The third kappa shape index (κ3) is 2.99. The van der Waals surface area contributed by atoms with Gasteiger partial charge in [0.1, 0.15) is 5.82 Å². The number of hydrogen-bond donors (Lipinski definition) is 2. The van der Waals surface area contributed by atoms with Crippen molar-refractivity contribution in [2.45, 2.75) is 38.8 Å². The number of nitrogens with zero attached hydrogens (tertiary/aromatic N) is 3. The van der Waals surface area contributed by atoms with Crippen molar-refractivity contribution in [3.8, 4) is 0 Å². The first-order chi connectivity index (χ1) is 12.5. The van der Waals surface area contributed by atoms with Crippen LogP contribution in [0.15, 0.2) is 24.4 Å². The van der Waals surface area contributed by atoms with Gasteiger partial charge in [0.2, 0.25) is 5.91 Å². The molecule has 4 rings (SSSR count). The number of aryl methyl sites for hydroxylation is 2. The third-order valence-corrected chi connectivity index (χ3v) is 5.24.